The lowest BCUT2D eigenvalue weighted by molar-refractivity contribution is 0.466. The van der Waals surface area contributed by atoms with Crippen molar-refractivity contribution in [2.75, 3.05) is 0 Å². The molecule has 0 fully saturated rings. The zero-order valence-electron chi connectivity index (χ0n) is 9.79. The molecule has 0 aliphatic carbocycles. The molecule has 0 N–H and O–H groups in total. The number of hydrogen-bond acceptors (Lipinski definition) is 4. The Morgan fingerprint density at radius 2 is 1.63 bits per heavy atom. The normalized spacial score (nSPS) is 10.6. The van der Waals surface area contributed by atoms with Gasteiger partial charge < -0.3 is 4.42 Å². The highest BCUT2D eigenvalue weighted by molar-refractivity contribution is 7.99. The summed E-state index contributed by atoms with van der Waals surface area (Å²) in [4.78, 5) is 0.852. The van der Waals surface area contributed by atoms with Crippen molar-refractivity contribution in [3.63, 3.8) is 0 Å². The van der Waals surface area contributed by atoms with Crippen molar-refractivity contribution in [1.29, 1.82) is 0 Å². The number of nitrogens with zero attached hydrogens (tertiary/aromatic N) is 2. The zero-order chi connectivity index (χ0) is 13.1. The second kappa shape index (κ2) is 5.24. The molecule has 19 heavy (non-hydrogen) atoms. The molecule has 1 aromatic heterocycles. The number of benzene rings is 2. The summed E-state index contributed by atoms with van der Waals surface area (Å²) in [6.45, 7) is 0. The summed E-state index contributed by atoms with van der Waals surface area (Å²) in [5, 5.41) is 8.39. The highest BCUT2D eigenvalue weighted by atomic mass is 32.2. The van der Waals surface area contributed by atoms with Gasteiger partial charge in [0.2, 0.25) is 5.89 Å². The molecule has 0 aliphatic rings. The van der Waals surface area contributed by atoms with E-state index in [9.17, 15) is 4.39 Å². The van der Waals surface area contributed by atoms with E-state index >= 15 is 0 Å². The van der Waals surface area contributed by atoms with Crippen LogP contribution in [0.3, 0.4) is 0 Å². The zero-order valence-corrected chi connectivity index (χ0v) is 10.6. The van der Waals surface area contributed by atoms with Gasteiger partial charge in [-0.1, -0.05) is 18.2 Å². The summed E-state index contributed by atoms with van der Waals surface area (Å²) >= 11 is 1.30. The van der Waals surface area contributed by atoms with Crippen LogP contribution < -0.4 is 0 Å². The number of rotatable bonds is 3. The molecule has 0 unspecified atom stereocenters. The monoisotopic (exact) mass is 272 g/mol. The fourth-order valence-electron chi connectivity index (χ4n) is 1.55. The van der Waals surface area contributed by atoms with E-state index in [2.05, 4.69) is 10.2 Å². The van der Waals surface area contributed by atoms with E-state index in [1.807, 2.05) is 30.3 Å². The summed E-state index contributed by atoms with van der Waals surface area (Å²) < 4.78 is 18.3. The first-order valence-corrected chi connectivity index (χ1v) is 6.45. The van der Waals surface area contributed by atoms with Crippen molar-refractivity contribution in [2.24, 2.45) is 0 Å². The lowest BCUT2D eigenvalue weighted by Crippen LogP contribution is -1.76. The van der Waals surface area contributed by atoms with E-state index in [0.717, 1.165) is 10.5 Å². The predicted octanol–water partition coefficient (Wildman–Crippen LogP) is 4.03. The second-order valence-electron chi connectivity index (χ2n) is 3.80. The van der Waals surface area contributed by atoms with E-state index in [-0.39, 0.29) is 5.82 Å². The van der Waals surface area contributed by atoms with Gasteiger partial charge in [0, 0.05) is 10.5 Å². The van der Waals surface area contributed by atoms with Crippen LogP contribution in [0.15, 0.2) is 69.1 Å². The number of hydrogen-bond donors (Lipinski definition) is 0. The molecule has 0 aliphatic heterocycles. The van der Waals surface area contributed by atoms with Gasteiger partial charge in [0.1, 0.15) is 5.82 Å². The van der Waals surface area contributed by atoms with Gasteiger partial charge in [-0.05, 0) is 48.2 Å². The number of aromatic nitrogens is 2. The molecule has 3 rings (SSSR count). The molecular weight excluding hydrogens is 263 g/mol. The average Bonchev–Trinajstić information content (AvgIpc) is 2.91. The van der Waals surface area contributed by atoms with Crippen LogP contribution in [-0.4, -0.2) is 10.2 Å². The molecule has 3 nitrogen and oxygen atoms in total. The van der Waals surface area contributed by atoms with Gasteiger partial charge in [0.15, 0.2) is 0 Å². The summed E-state index contributed by atoms with van der Waals surface area (Å²) in [5.41, 5.74) is 0.876. The van der Waals surface area contributed by atoms with Crippen LogP contribution >= 0.6 is 11.8 Å². The van der Waals surface area contributed by atoms with Crippen LogP contribution in [-0.2, 0) is 0 Å². The molecule has 0 bridgehead atoms. The minimum Gasteiger partial charge on any atom is -0.411 e. The third-order valence-electron chi connectivity index (χ3n) is 2.45. The van der Waals surface area contributed by atoms with Crippen molar-refractivity contribution >= 4 is 11.8 Å². The van der Waals surface area contributed by atoms with E-state index in [4.69, 9.17) is 4.42 Å². The Morgan fingerprint density at radius 3 is 2.37 bits per heavy atom. The first-order valence-electron chi connectivity index (χ1n) is 5.63. The van der Waals surface area contributed by atoms with Crippen molar-refractivity contribution in [3.8, 4) is 11.5 Å². The molecule has 1 heterocycles. The highest BCUT2D eigenvalue weighted by Crippen LogP contribution is 2.28. The lowest BCUT2D eigenvalue weighted by atomic mass is 10.2. The Kier molecular flexibility index (Phi) is 3.29. The molecule has 5 heteroatoms. The molecule has 3 aromatic rings. The third kappa shape index (κ3) is 2.82. The third-order valence-corrected chi connectivity index (χ3v) is 3.29. The van der Waals surface area contributed by atoms with E-state index < -0.39 is 0 Å². The standard InChI is InChI=1S/C14H9FN2OS/c15-11-6-8-12(9-7-11)19-14-17-16-13(18-14)10-4-2-1-3-5-10/h1-9H. The van der Waals surface area contributed by atoms with Crippen LogP contribution in [0.5, 0.6) is 0 Å². The Bertz CT molecular complexity index is 667. The molecule has 0 amide bonds. The van der Waals surface area contributed by atoms with Crippen molar-refractivity contribution in [1.82, 2.24) is 10.2 Å². The summed E-state index contributed by atoms with van der Waals surface area (Å²) in [7, 11) is 0. The number of halogens is 1. The van der Waals surface area contributed by atoms with Crippen LogP contribution in [0.4, 0.5) is 4.39 Å². The topological polar surface area (TPSA) is 38.9 Å². The van der Waals surface area contributed by atoms with Crippen LogP contribution in [0.1, 0.15) is 0 Å². The summed E-state index contributed by atoms with van der Waals surface area (Å²) in [5.74, 6) is 0.213. The Labute approximate surface area is 113 Å². The highest BCUT2D eigenvalue weighted by Gasteiger charge is 2.09. The van der Waals surface area contributed by atoms with Crippen LogP contribution in [0, 0.1) is 5.82 Å². The van der Waals surface area contributed by atoms with Gasteiger partial charge in [0.05, 0.1) is 0 Å². The Morgan fingerprint density at radius 1 is 0.895 bits per heavy atom. The largest absolute Gasteiger partial charge is 0.411 e. The predicted molar refractivity (Wildman–Crippen MR) is 70.3 cm³/mol. The molecular formula is C14H9FN2OS. The second-order valence-corrected chi connectivity index (χ2v) is 4.82. The van der Waals surface area contributed by atoms with E-state index in [0.29, 0.717) is 11.1 Å². The molecule has 0 saturated heterocycles. The van der Waals surface area contributed by atoms with Crippen LogP contribution in [0.25, 0.3) is 11.5 Å². The first kappa shape index (κ1) is 11.9. The molecule has 2 aromatic carbocycles. The molecule has 0 spiro atoms. The van der Waals surface area contributed by atoms with Crippen molar-refractivity contribution in [2.45, 2.75) is 10.1 Å². The lowest BCUT2D eigenvalue weighted by Gasteiger charge is -1.95. The van der Waals surface area contributed by atoms with E-state index in [1.165, 1.54) is 23.9 Å². The Hall–Kier alpha value is -2.14. The molecule has 94 valence electrons. The van der Waals surface area contributed by atoms with Gasteiger partial charge in [0.25, 0.3) is 5.22 Å². The van der Waals surface area contributed by atoms with Gasteiger partial charge in [-0.3, -0.25) is 0 Å². The maximum absolute atomic E-state index is 12.8. The smallest absolute Gasteiger partial charge is 0.281 e. The van der Waals surface area contributed by atoms with E-state index in [1.54, 1.807) is 12.1 Å². The van der Waals surface area contributed by atoms with Gasteiger partial charge in [-0.15, -0.1) is 10.2 Å². The maximum atomic E-state index is 12.8. The quantitative estimate of drug-likeness (QED) is 0.721. The van der Waals surface area contributed by atoms with Gasteiger partial charge in [-0.2, -0.15) is 0 Å². The fourth-order valence-corrected chi connectivity index (χ4v) is 2.23. The fraction of sp³-hybridized carbons (Fsp3) is 0. The van der Waals surface area contributed by atoms with Gasteiger partial charge >= 0.3 is 0 Å². The molecule has 0 radical (unpaired) electrons. The summed E-state index contributed by atoms with van der Waals surface area (Å²) in [6, 6.07) is 15.7. The van der Waals surface area contributed by atoms with Crippen molar-refractivity contribution < 1.29 is 8.81 Å². The first-order chi connectivity index (χ1) is 9.31. The maximum Gasteiger partial charge on any atom is 0.281 e. The minimum absolute atomic E-state index is 0.264. The summed E-state index contributed by atoms with van der Waals surface area (Å²) in [6.07, 6.45) is 0. The van der Waals surface area contributed by atoms with Crippen molar-refractivity contribution in [3.05, 3.63) is 60.4 Å². The minimum atomic E-state index is -0.264. The SMILES string of the molecule is Fc1ccc(Sc2nnc(-c3ccccc3)o2)cc1. The average molecular weight is 272 g/mol. The molecule has 0 saturated carbocycles. The Balaban J connectivity index is 1.80. The molecule has 0 atom stereocenters. The van der Waals surface area contributed by atoms with Gasteiger partial charge in [-0.25, -0.2) is 4.39 Å². The van der Waals surface area contributed by atoms with Crippen LogP contribution in [0.2, 0.25) is 0 Å².